The first kappa shape index (κ1) is 15.5. The molecule has 102 valence electrons. The molecule has 0 radical (unpaired) electrons. The zero-order valence-electron chi connectivity index (χ0n) is 12.8. The number of aryl methyl sites for hydroxylation is 1. The molecule has 1 aromatic carbocycles. The highest BCUT2D eigenvalue weighted by Crippen LogP contribution is 2.23. The molecule has 0 aromatic heterocycles. The van der Waals surface area contributed by atoms with Crippen LogP contribution < -0.4 is 4.74 Å². The minimum atomic E-state index is -1.61. The molecule has 0 amide bonds. The molecular formula is C14H26O2Si2. The lowest BCUT2D eigenvalue weighted by Crippen LogP contribution is -2.44. The Hall–Kier alpha value is -0.586. The van der Waals surface area contributed by atoms with E-state index >= 15 is 0 Å². The molecule has 0 spiro atoms. The van der Waals surface area contributed by atoms with Crippen molar-refractivity contribution < 1.29 is 8.85 Å². The van der Waals surface area contributed by atoms with Gasteiger partial charge in [0.1, 0.15) is 5.75 Å². The minimum absolute atomic E-state index is 0.962. The first-order valence-electron chi connectivity index (χ1n) is 6.47. The van der Waals surface area contributed by atoms with Gasteiger partial charge in [-0.15, -0.1) is 0 Å². The molecule has 0 fully saturated rings. The summed E-state index contributed by atoms with van der Waals surface area (Å²) in [4.78, 5) is 0. The summed E-state index contributed by atoms with van der Waals surface area (Å²) in [6.07, 6.45) is 0. The second-order valence-electron chi connectivity index (χ2n) is 6.45. The summed E-state index contributed by atoms with van der Waals surface area (Å²) >= 11 is 0. The molecule has 0 bridgehead atoms. The van der Waals surface area contributed by atoms with Crippen LogP contribution in [0.1, 0.15) is 11.1 Å². The molecule has 2 nitrogen and oxygen atoms in total. The molecule has 4 heteroatoms. The van der Waals surface area contributed by atoms with Crippen LogP contribution in [0.5, 0.6) is 5.75 Å². The lowest BCUT2D eigenvalue weighted by molar-refractivity contribution is 0.411. The Labute approximate surface area is 114 Å². The molecule has 0 aliphatic heterocycles. The molecule has 0 N–H and O–H groups in total. The lowest BCUT2D eigenvalue weighted by Gasteiger charge is -2.31. The third-order valence-electron chi connectivity index (χ3n) is 2.67. The van der Waals surface area contributed by atoms with E-state index in [1.807, 2.05) is 0 Å². The van der Waals surface area contributed by atoms with Crippen LogP contribution in [0.3, 0.4) is 0 Å². The van der Waals surface area contributed by atoms with Crippen molar-refractivity contribution in [2.75, 3.05) is 7.11 Å². The average Bonchev–Trinajstić information content (AvgIpc) is 2.12. The van der Waals surface area contributed by atoms with E-state index in [-0.39, 0.29) is 0 Å². The van der Waals surface area contributed by atoms with E-state index in [4.69, 9.17) is 8.85 Å². The third-order valence-corrected chi connectivity index (χ3v) is 8.59. The van der Waals surface area contributed by atoms with Crippen LogP contribution in [-0.2, 0) is 10.2 Å². The van der Waals surface area contributed by atoms with Gasteiger partial charge >= 0.3 is 0 Å². The standard InChI is InChI=1S/C14H26O2Si2/c1-12-10-13(8-9-14(12)15-2)11-18(6,7)16-17(3,4)5/h8-10H,11H2,1-7H3. The topological polar surface area (TPSA) is 18.5 Å². The second kappa shape index (κ2) is 5.59. The van der Waals surface area contributed by atoms with Gasteiger partial charge in [-0.2, -0.15) is 0 Å². The number of benzene rings is 1. The third kappa shape index (κ3) is 4.96. The van der Waals surface area contributed by atoms with Gasteiger partial charge in [0.15, 0.2) is 16.6 Å². The van der Waals surface area contributed by atoms with Gasteiger partial charge in [0.2, 0.25) is 0 Å². The molecule has 0 unspecified atom stereocenters. The van der Waals surface area contributed by atoms with Crippen molar-refractivity contribution in [3.63, 3.8) is 0 Å². The molecule has 18 heavy (non-hydrogen) atoms. The first-order chi connectivity index (χ1) is 8.13. The predicted octanol–water partition coefficient (Wildman–Crippen LogP) is 4.14. The smallest absolute Gasteiger partial charge is 0.177 e. The molecule has 0 aliphatic rings. The molecule has 0 aliphatic carbocycles. The Bertz CT molecular complexity index is 409. The van der Waals surface area contributed by atoms with E-state index in [1.165, 1.54) is 11.1 Å². The highest BCUT2D eigenvalue weighted by atomic mass is 28.4. The van der Waals surface area contributed by atoms with Crippen molar-refractivity contribution in [2.45, 2.75) is 45.7 Å². The van der Waals surface area contributed by atoms with Crippen LogP contribution in [0.15, 0.2) is 18.2 Å². The largest absolute Gasteiger partial charge is 0.496 e. The zero-order valence-corrected chi connectivity index (χ0v) is 14.8. The monoisotopic (exact) mass is 282 g/mol. The van der Waals surface area contributed by atoms with Gasteiger partial charge in [-0.1, -0.05) is 12.1 Å². The summed E-state index contributed by atoms with van der Waals surface area (Å²) in [5.74, 6) is 0.962. The Balaban J connectivity index is 2.81. The fourth-order valence-electron chi connectivity index (χ4n) is 2.41. The summed E-state index contributed by atoms with van der Waals surface area (Å²) in [5.41, 5.74) is 2.57. The maximum Gasteiger partial charge on any atom is 0.177 e. The van der Waals surface area contributed by atoms with Gasteiger partial charge in [0, 0.05) is 0 Å². The Morgan fingerprint density at radius 3 is 2.11 bits per heavy atom. The van der Waals surface area contributed by atoms with Gasteiger partial charge in [-0.05, 0) is 62.9 Å². The van der Waals surface area contributed by atoms with Crippen LogP contribution in [0.25, 0.3) is 0 Å². The predicted molar refractivity (Wildman–Crippen MR) is 83.3 cm³/mol. The van der Waals surface area contributed by atoms with E-state index < -0.39 is 16.6 Å². The number of ether oxygens (including phenoxy) is 1. The normalized spacial score (nSPS) is 12.6. The SMILES string of the molecule is COc1ccc(C[Si](C)(C)O[Si](C)(C)C)cc1C. The summed E-state index contributed by atoms with van der Waals surface area (Å²) in [6, 6.07) is 7.51. The molecule has 0 saturated carbocycles. The van der Waals surface area contributed by atoms with Gasteiger partial charge in [-0.3, -0.25) is 0 Å². The van der Waals surface area contributed by atoms with E-state index in [2.05, 4.69) is 57.9 Å². The minimum Gasteiger partial charge on any atom is -0.496 e. The summed E-state index contributed by atoms with van der Waals surface area (Å²) < 4.78 is 11.7. The van der Waals surface area contributed by atoms with Gasteiger partial charge in [0.05, 0.1) is 7.11 Å². The van der Waals surface area contributed by atoms with Gasteiger partial charge < -0.3 is 8.85 Å². The Morgan fingerprint density at radius 1 is 1.06 bits per heavy atom. The van der Waals surface area contributed by atoms with Crippen molar-refractivity contribution >= 4 is 16.6 Å². The maximum atomic E-state index is 6.37. The fourth-order valence-corrected chi connectivity index (χ4v) is 10.5. The molecule has 0 heterocycles. The van der Waals surface area contributed by atoms with Crippen molar-refractivity contribution in [3.8, 4) is 5.75 Å². The zero-order chi connectivity index (χ0) is 14.0. The van der Waals surface area contributed by atoms with Crippen LogP contribution in [-0.4, -0.2) is 23.7 Å². The summed E-state index contributed by atoms with van der Waals surface area (Å²) in [7, 11) is -1.33. The second-order valence-corrected chi connectivity index (χ2v) is 15.4. The van der Waals surface area contributed by atoms with Crippen molar-refractivity contribution in [1.29, 1.82) is 0 Å². The molecule has 1 aromatic rings. The summed E-state index contributed by atoms with van der Waals surface area (Å²) in [5, 5.41) is 0. The molecule has 0 atom stereocenters. The molecular weight excluding hydrogens is 256 g/mol. The van der Waals surface area contributed by atoms with Crippen molar-refractivity contribution in [3.05, 3.63) is 29.3 Å². The molecule has 1 rings (SSSR count). The first-order valence-corrected chi connectivity index (χ1v) is 13.0. The van der Waals surface area contributed by atoms with E-state index in [0.29, 0.717) is 0 Å². The number of hydrogen-bond donors (Lipinski definition) is 0. The van der Waals surface area contributed by atoms with Crippen molar-refractivity contribution in [2.24, 2.45) is 0 Å². The number of rotatable bonds is 5. The van der Waals surface area contributed by atoms with Crippen LogP contribution in [0.2, 0.25) is 32.7 Å². The maximum absolute atomic E-state index is 6.37. The van der Waals surface area contributed by atoms with Gasteiger partial charge in [0.25, 0.3) is 0 Å². The lowest BCUT2D eigenvalue weighted by atomic mass is 10.1. The highest BCUT2D eigenvalue weighted by molar-refractivity contribution is 6.83. The average molecular weight is 283 g/mol. The van der Waals surface area contributed by atoms with E-state index in [9.17, 15) is 0 Å². The quantitative estimate of drug-likeness (QED) is 0.756. The van der Waals surface area contributed by atoms with Crippen LogP contribution in [0, 0.1) is 6.92 Å². The number of methoxy groups -OCH3 is 1. The highest BCUT2D eigenvalue weighted by Gasteiger charge is 2.29. The van der Waals surface area contributed by atoms with Gasteiger partial charge in [-0.25, -0.2) is 0 Å². The van der Waals surface area contributed by atoms with E-state index in [0.717, 1.165) is 11.8 Å². The Morgan fingerprint density at radius 2 is 1.67 bits per heavy atom. The molecule has 0 saturated heterocycles. The van der Waals surface area contributed by atoms with Crippen LogP contribution in [0.4, 0.5) is 0 Å². The van der Waals surface area contributed by atoms with Crippen molar-refractivity contribution in [1.82, 2.24) is 0 Å². The Kier molecular flexibility index (Phi) is 4.80. The van der Waals surface area contributed by atoms with E-state index in [1.54, 1.807) is 7.11 Å². The van der Waals surface area contributed by atoms with Crippen LogP contribution >= 0.6 is 0 Å². The fraction of sp³-hybridized carbons (Fsp3) is 0.571. The summed E-state index contributed by atoms with van der Waals surface area (Å²) in [6.45, 7) is 13.5. The number of hydrogen-bond acceptors (Lipinski definition) is 2.